The maximum absolute atomic E-state index is 12.6. The maximum Gasteiger partial charge on any atom is 0.255 e. The first-order valence-electron chi connectivity index (χ1n) is 10.3. The molecule has 0 fully saturated rings. The Kier molecular flexibility index (Phi) is 6.26. The molecule has 0 bridgehead atoms. The standard InChI is InChI=1S/C23H25N5O3/c1-31-21-7-3-2-6-17(21)8-9-22(29)27-18-11-20-19(14-26-28(20)15-18)23(30)25-13-16-5-4-10-24-12-16/h2-7,10,12,14,18H,8-9,11,13,15H2,1H3,(H,25,30)(H,27,29)/t18-/m0/s1. The minimum absolute atomic E-state index is 0.0239. The van der Waals surface area contributed by atoms with Gasteiger partial charge in [-0.1, -0.05) is 24.3 Å². The molecule has 1 atom stereocenters. The van der Waals surface area contributed by atoms with Crippen molar-refractivity contribution in [2.75, 3.05) is 7.11 Å². The van der Waals surface area contributed by atoms with Crippen LogP contribution in [-0.4, -0.2) is 39.7 Å². The molecule has 4 rings (SSSR count). The number of benzene rings is 1. The summed E-state index contributed by atoms with van der Waals surface area (Å²) < 4.78 is 7.14. The highest BCUT2D eigenvalue weighted by Gasteiger charge is 2.28. The van der Waals surface area contributed by atoms with E-state index in [0.717, 1.165) is 22.6 Å². The highest BCUT2D eigenvalue weighted by Crippen LogP contribution is 2.21. The van der Waals surface area contributed by atoms with Crippen molar-refractivity contribution < 1.29 is 14.3 Å². The zero-order valence-corrected chi connectivity index (χ0v) is 17.4. The third-order valence-electron chi connectivity index (χ3n) is 5.38. The summed E-state index contributed by atoms with van der Waals surface area (Å²) in [6.45, 7) is 0.964. The molecule has 3 heterocycles. The van der Waals surface area contributed by atoms with Crippen molar-refractivity contribution in [3.8, 4) is 5.75 Å². The molecule has 1 aliphatic rings. The highest BCUT2D eigenvalue weighted by molar-refractivity contribution is 5.95. The zero-order valence-electron chi connectivity index (χ0n) is 17.4. The SMILES string of the molecule is COc1ccccc1CCC(=O)N[C@H]1Cc2c(C(=O)NCc3cccnc3)cnn2C1. The third-order valence-corrected chi connectivity index (χ3v) is 5.38. The number of aryl methyl sites for hydroxylation is 1. The van der Waals surface area contributed by atoms with Crippen LogP contribution in [0.15, 0.2) is 55.0 Å². The van der Waals surface area contributed by atoms with Gasteiger partial charge in [-0.25, -0.2) is 0 Å². The van der Waals surface area contributed by atoms with E-state index in [1.54, 1.807) is 30.4 Å². The van der Waals surface area contributed by atoms with E-state index in [9.17, 15) is 9.59 Å². The van der Waals surface area contributed by atoms with Crippen LogP contribution in [0.4, 0.5) is 0 Å². The van der Waals surface area contributed by atoms with Gasteiger partial charge >= 0.3 is 0 Å². The summed E-state index contributed by atoms with van der Waals surface area (Å²) >= 11 is 0. The van der Waals surface area contributed by atoms with Gasteiger partial charge in [0.2, 0.25) is 5.91 Å². The molecule has 2 N–H and O–H groups in total. The molecule has 2 amide bonds. The van der Waals surface area contributed by atoms with E-state index in [1.165, 1.54) is 0 Å². The predicted molar refractivity (Wildman–Crippen MR) is 115 cm³/mol. The van der Waals surface area contributed by atoms with E-state index in [4.69, 9.17) is 4.74 Å². The Bertz CT molecular complexity index is 1060. The van der Waals surface area contributed by atoms with Gasteiger partial charge in [0.05, 0.1) is 37.2 Å². The van der Waals surface area contributed by atoms with E-state index >= 15 is 0 Å². The lowest BCUT2D eigenvalue weighted by molar-refractivity contribution is -0.121. The van der Waals surface area contributed by atoms with Gasteiger partial charge in [-0.3, -0.25) is 19.3 Å². The Balaban J connectivity index is 1.29. The molecule has 160 valence electrons. The number of carbonyl (C=O) groups is 2. The van der Waals surface area contributed by atoms with Crippen LogP contribution in [0.5, 0.6) is 5.75 Å². The second kappa shape index (κ2) is 9.42. The first kappa shape index (κ1) is 20.6. The van der Waals surface area contributed by atoms with Crippen LogP contribution >= 0.6 is 0 Å². The first-order chi connectivity index (χ1) is 15.1. The first-order valence-corrected chi connectivity index (χ1v) is 10.3. The minimum atomic E-state index is -0.173. The lowest BCUT2D eigenvalue weighted by Gasteiger charge is -2.13. The van der Waals surface area contributed by atoms with E-state index in [2.05, 4.69) is 20.7 Å². The monoisotopic (exact) mass is 419 g/mol. The van der Waals surface area contributed by atoms with Crippen molar-refractivity contribution >= 4 is 11.8 Å². The van der Waals surface area contributed by atoms with E-state index in [0.29, 0.717) is 37.9 Å². The topological polar surface area (TPSA) is 98.1 Å². The molecule has 8 heteroatoms. The van der Waals surface area contributed by atoms with Crippen molar-refractivity contribution in [2.24, 2.45) is 0 Å². The fourth-order valence-corrected chi connectivity index (χ4v) is 3.81. The number of pyridine rings is 1. The number of hydrogen-bond acceptors (Lipinski definition) is 5. The summed E-state index contributed by atoms with van der Waals surface area (Å²) in [4.78, 5) is 29.1. The second-order valence-electron chi connectivity index (χ2n) is 7.51. The summed E-state index contributed by atoms with van der Waals surface area (Å²) in [5.41, 5.74) is 3.33. The normalized spacial score (nSPS) is 14.7. The van der Waals surface area contributed by atoms with Crippen LogP contribution in [0.25, 0.3) is 0 Å². The average Bonchev–Trinajstić information content (AvgIpc) is 3.37. The van der Waals surface area contributed by atoms with E-state index in [1.807, 2.05) is 36.4 Å². The Labute approximate surface area is 180 Å². The number of ether oxygens (including phenoxy) is 1. The van der Waals surface area contributed by atoms with Crippen LogP contribution in [0.2, 0.25) is 0 Å². The lowest BCUT2D eigenvalue weighted by atomic mass is 10.1. The van der Waals surface area contributed by atoms with Crippen molar-refractivity contribution in [3.05, 3.63) is 77.4 Å². The lowest BCUT2D eigenvalue weighted by Crippen LogP contribution is -2.36. The Morgan fingerprint density at radius 1 is 1.19 bits per heavy atom. The molecule has 0 unspecified atom stereocenters. The van der Waals surface area contributed by atoms with E-state index in [-0.39, 0.29) is 17.9 Å². The van der Waals surface area contributed by atoms with Gasteiger partial charge in [0.25, 0.3) is 5.91 Å². The van der Waals surface area contributed by atoms with E-state index < -0.39 is 0 Å². The zero-order chi connectivity index (χ0) is 21.6. The molecular formula is C23H25N5O3. The minimum Gasteiger partial charge on any atom is -0.496 e. The summed E-state index contributed by atoms with van der Waals surface area (Å²) in [6, 6.07) is 11.4. The summed E-state index contributed by atoms with van der Waals surface area (Å²) in [6.07, 6.45) is 6.57. The average molecular weight is 419 g/mol. The molecule has 1 aromatic carbocycles. The molecule has 0 aliphatic carbocycles. The number of nitrogens with one attached hydrogen (secondary N) is 2. The van der Waals surface area contributed by atoms with Crippen molar-refractivity contribution in [1.82, 2.24) is 25.4 Å². The molecule has 1 aliphatic heterocycles. The molecule has 2 aromatic heterocycles. The van der Waals surface area contributed by atoms with Gasteiger partial charge in [-0.15, -0.1) is 0 Å². The van der Waals surface area contributed by atoms with Crippen LogP contribution in [0.3, 0.4) is 0 Å². The van der Waals surface area contributed by atoms with Crippen LogP contribution < -0.4 is 15.4 Å². The van der Waals surface area contributed by atoms with Gasteiger partial charge < -0.3 is 15.4 Å². The summed E-state index contributed by atoms with van der Waals surface area (Å²) in [5, 5.41) is 10.3. The van der Waals surface area contributed by atoms with Gasteiger partial charge in [0, 0.05) is 31.8 Å². The molecule has 0 saturated carbocycles. The van der Waals surface area contributed by atoms with Gasteiger partial charge in [0.15, 0.2) is 0 Å². The van der Waals surface area contributed by atoms with Crippen LogP contribution in [0.1, 0.15) is 33.6 Å². The summed E-state index contributed by atoms with van der Waals surface area (Å²) in [7, 11) is 1.63. The molecule has 31 heavy (non-hydrogen) atoms. The fourth-order valence-electron chi connectivity index (χ4n) is 3.81. The number of hydrogen-bond donors (Lipinski definition) is 2. The quantitative estimate of drug-likeness (QED) is 0.581. The number of carbonyl (C=O) groups excluding carboxylic acids is 2. The van der Waals surface area contributed by atoms with Crippen LogP contribution in [-0.2, 0) is 30.7 Å². The Hall–Kier alpha value is -3.68. The smallest absolute Gasteiger partial charge is 0.255 e. The maximum atomic E-state index is 12.6. The number of fused-ring (bicyclic) bond motifs is 1. The van der Waals surface area contributed by atoms with Crippen molar-refractivity contribution in [2.45, 2.75) is 38.4 Å². The number of rotatable bonds is 8. The molecule has 0 saturated heterocycles. The number of para-hydroxylation sites is 1. The van der Waals surface area contributed by atoms with Crippen molar-refractivity contribution in [1.29, 1.82) is 0 Å². The number of methoxy groups -OCH3 is 1. The number of amides is 2. The second-order valence-corrected chi connectivity index (χ2v) is 7.51. The molecule has 3 aromatic rings. The fraction of sp³-hybridized carbons (Fsp3) is 0.304. The van der Waals surface area contributed by atoms with Gasteiger partial charge in [0.1, 0.15) is 5.75 Å². The van der Waals surface area contributed by atoms with Gasteiger partial charge in [-0.2, -0.15) is 5.10 Å². The predicted octanol–water partition coefficient (Wildman–Crippen LogP) is 1.89. The highest BCUT2D eigenvalue weighted by atomic mass is 16.5. The molecule has 0 radical (unpaired) electrons. The Morgan fingerprint density at radius 2 is 2.06 bits per heavy atom. The molecule has 0 spiro atoms. The van der Waals surface area contributed by atoms with Crippen molar-refractivity contribution in [3.63, 3.8) is 0 Å². The molecule has 8 nitrogen and oxygen atoms in total. The van der Waals surface area contributed by atoms with Gasteiger partial charge in [-0.05, 0) is 29.7 Å². The number of nitrogens with zero attached hydrogens (tertiary/aromatic N) is 3. The van der Waals surface area contributed by atoms with Crippen LogP contribution in [0, 0.1) is 0 Å². The number of aromatic nitrogens is 3. The third kappa shape index (κ3) is 4.91. The summed E-state index contributed by atoms with van der Waals surface area (Å²) in [5.74, 6) is 0.593. The Morgan fingerprint density at radius 3 is 2.87 bits per heavy atom. The largest absolute Gasteiger partial charge is 0.496 e. The molecular weight excluding hydrogens is 394 g/mol.